The Morgan fingerprint density at radius 1 is 1.44 bits per heavy atom. The number of rotatable bonds is 5. The van der Waals surface area contributed by atoms with E-state index in [0.717, 1.165) is 0 Å². The second-order valence-electron chi connectivity index (χ2n) is 4.23. The molecule has 2 aromatic heterocycles. The van der Waals surface area contributed by atoms with Crippen molar-refractivity contribution in [2.24, 2.45) is 0 Å². The van der Waals surface area contributed by atoms with E-state index in [0.29, 0.717) is 24.6 Å². The second-order valence-corrected chi connectivity index (χ2v) is 4.23. The van der Waals surface area contributed by atoms with Gasteiger partial charge in [-0.15, -0.1) is 0 Å². The third-order valence-corrected chi connectivity index (χ3v) is 2.59. The first-order chi connectivity index (χ1) is 8.62. The second kappa shape index (κ2) is 5.08. The van der Waals surface area contributed by atoms with Crippen LogP contribution in [0, 0.1) is 11.3 Å². The summed E-state index contributed by atoms with van der Waals surface area (Å²) in [5, 5.41) is 21.8. The molecule has 0 saturated carbocycles. The molecular formula is C13H14N2O3. The van der Waals surface area contributed by atoms with Gasteiger partial charge in [0.05, 0.1) is 12.8 Å². The van der Waals surface area contributed by atoms with Crippen LogP contribution in [0.5, 0.6) is 0 Å². The Morgan fingerprint density at radius 3 is 2.89 bits per heavy atom. The zero-order valence-electron chi connectivity index (χ0n) is 10.0. The molecule has 0 amide bonds. The maximum atomic E-state index is 10.2. The van der Waals surface area contributed by atoms with Crippen molar-refractivity contribution >= 4 is 0 Å². The Morgan fingerprint density at radius 2 is 2.28 bits per heavy atom. The normalized spacial score (nSPS) is 14.1. The predicted octanol–water partition coefficient (Wildman–Crippen LogP) is 1.74. The van der Waals surface area contributed by atoms with Crippen LogP contribution in [0.15, 0.2) is 39.4 Å². The van der Waals surface area contributed by atoms with Crippen molar-refractivity contribution in [2.45, 2.75) is 19.1 Å². The molecule has 0 radical (unpaired) electrons. The van der Waals surface area contributed by atoms with Gasteiger partial charge in [-0.05, 0) is 31.2 Å². The molecule has 1 unspecified atom stereocenters. The number of hydrogen-bond donors (Lipinski definition) is 2. The predicted molar refractivity (Wildman–Crippen MR) is 63.4 cm³/mol. The summed E-state index contributed by atoms with van der Waals surface area (Å²) in [5.74, 6) is 1.44. The average molecular weight is 246 g/mol. The van der Waals surface area contributed by atoms with Crippen molar-refractivity contribution < 1.29 is 13.9 Å². The molecule has 0 aliphatic heterocycles. The number of nitrogens with zero attached hydrogens (tertiary/aromatic N) is 1. The molecule has 5 nitrogen and oxygen atoms in total. The molecule has 0 fully saturated rings. The maximum Gasteiger partial charge on any atom is 0.203 e. The molecule has 0 aromatic carbocycles. The Hall–Kier alpha value is -2.03. The highest BCUT2D eigenvalue weighted by molar-refractivity contribution is 5.19. The fraction of sp³-hybridized carbons (Fsp3) is 0.308. The minimum absolute atomic E-state index is 0.282. The lowest BCUT2D eigenvalue weighted by molar-refractivity contribution is 0.0336. The average Bonchev–Trinajstić information content (AvgIpc) is 3.00. The fourth-order valence-electron chi connectivity index (χ4n) is 1.63. The summed E-state index contributed by atoms with van der Waals surface area (Å²) in [6, 6.07) is 8.72. The molecule has 0 spiro atoms. The van der Waals surface area contributed by atoms with Crippen LogP contribution in [0.3, 0.4) is 0 Å². The standard InChI is InChI=1S/C13H14N2O3/c1-13(16,12-3-2-6-17-12)9-15-8-11-5-4-10(7-14)18-11/h2-6,15-16H,8-9H2,1H3. The minimum Gasteiger partial charge on any atom is -0.466 e. The van der Waals surface area contributed by atoms with Crippen molar-refractivity contribution in [3.63, 3.8) is 0 Å². The van der Waals surface area contributed by atoms with Crippen LogP contribution < -0.4 is 5.32 Å². The van der Waals surface area contributed by atoms with Crippen LogP contribution in [0.1, 0.15) is 24.2 Å². The molecular weight excluding hydrogens is 232 g/mol. The lowest BCUT2D eigenvalue weighted by atomic mass is 10.0. The van der Waals surface area contributed by atoms with Crippen LogP contribution in [0.4, 0.5) is 0 Å². The summed E-state index contributed by atoms with van der Waals surface area (Å²) in [6.07, 6.45) is 1.52. The van der Waals surface area contributed by atoms with E-state index in [1.165, 1.54) is 6.26 Å². The highest BCUT2D eigenvalue weighted by Crippen LogP contribution is 2.19. The monoisotopic (exact) mass is 246 g/mol. The number of nitrogens with one attached hydrogen (secondary N) is 1. The van der Waals surface area contributed by atoms with Crippen LogP contribution in [0.2, 0.25) is 0 Å². The topological polar surface area (TPSA) is 82.3 Å². The van der Waals surface area contributed by atoms with Gasteiger partial charge in [0, 0.05) is 6.54 Å². The first kappa shape index (κ1) is 12.4. The van der Waals surface area contributed by atoms with Gasteiger partial charge < -0.3 is 19.3 Å². The van der Waals surface area contributed by atoms with E-state index in [2.05, 4.69) is 5.32 Å². The van der Waals surface area contributed by atoms with Gasteiger partial charge in [-0.2, -0.15) is 5.26 Å². The van der Waals surface area contributed by atoms with Crippen LogP contribution >= 0.6 is 0 Å². The van der Waals surface area contributed by atoms with Gasteiger partial charge >= 0.3 is 0 Å². The molecule has 94 valence electrons. The lowest BCUT2D eigenvalue weighted by Crippen LogP contribution is -2.34. The van der Waals surface area contributed by atoms with Gasteiger partial charge in [-0.25, -0.2) is 0 Å². The molecule has 2 heterocycles. The van der Waals surface area contributed by atoms with Gasteiger partial charge in [-0.3, -0.25) is 0 Å². The largest absolute Gasteiger partial charge is 0.466 e. The van der Waals surface area contributed by atoms with Gasteiger partial charge in [0.2, 0.25) is 5.76 Å². The van der Waals surface area contributed by atoms with E-state index in [1.54, 1.807) is 31.2 Å². The molecule has 0 aliphatic rings. The van der Waals surface area contributed by atoms with Gasteiger partial charge in [0.25, 0.3) is 0 Å². The highest BCUT2D eigenvalue weighted by atomic mass is 16.4. The van der Waals surface area contributed by atoms with Gasteiger partial charge in [0.15, 0.2) is 0 Å². The molecule has 0 bridgehead atoms. The Bertz CT molecular complexity index is 535. The van der Waals surface area contributed by atoms with Gasteiger partial charge in [-0.1, -0.05) is 0 Å². The molecule has 1 atom stereocenters. The van der Waals surface area contributed by atoms with Crippen molar-refractivity contribution in [3.8, 4) is 6.07 Å². The first-order valence-electron chi connectivity index (χ1n) is 5.58. The SMILES string of the molecule is CC(O)(CNCc1ccc(C#N)o1)c1ccco1. The van der Waals surface area contributed by atoms with Crippen molar-refractivity contribution in [3.05, 3.63) is 47.8 Å². The van der Waals surface area contributed by atoms with Crippen LogP contribution in [-0.2, 0) is 12.1 Å². The Kier molecular flexibility index (Phi) is 3.51. The molecule has 2 N–H and O–H groups in total. The fourth-order valence-corrected chi connectivity index (χ4v) is 1.63. The molecule has 0 saturated heterocycles. The summed E-state index contributed by atoms with van der Waals surface area (Å²) in [5.41, 5.74) is -1.08. The number of hydrogen-bond acceptors (Lipinski definition) is 5. The van der Waals surface area contributed by atoms with E-state index >= 15 is 0 Å². The van der Waals surface area contributed by atoms with Gasteiger partial charge in [0.1, 0.15) is 23.2 Å². The third kappa shape index (κ3) is 2.80. The first-order valence-corrected chi connectivity index (χ1v) is 5.58. The highest BCUT2D eigenvalue weighted by Gasteiger charge is 2.25. The summed E-state index contributed by atoms with van der Waals surface area (Å²) >= 11 is 0. The zero-order chi connectivity index (χ0) is 13.0. The minimum atomic E-state index is -1.08. The maximum absolute atomic E-state index is 10.2. The molecule has 2 rings (SSSR count). The number of furan rings is 2. The van der Waals surface area contributed by atoms with E-state index < -0.39 is 5.60 Å². The van der Waals surface area contributed by atoms with Crippen LogP contribution in [-0.4, -0.2) is 11.7 Å². The van der Waals surface area contributed by atoms with Crippen molar-refractivity contribution in [2.75, 3.05) is 6.54 Å². The molecule has 2 aromatic rings. The van der Waals surface area contributed by atoms with E-state index in [9.17, 15) is 5.11 Å². The molecule has 5 heteroatoms. The van der Waals surface area contributed by atoms with E-state index in [4.69, 9.17) is 14.1 Å². The quantitative estimate of drug-likeness (QED) is 0.839. The third-order valence-electron chi connectivity index (χ3n) is 2.59. The summed E-state index contributed by atoms with van der Waals surface area (Å²) < 4.78 is 10.4. The van der Waals surface area contributed by atoms with E-state index in [-0.39, 0.29) is 5.76 Å². The molecule has 0 aliphatic carbocycles. The van der Waals surface area contributed by atoms with Crippen molar-refractivity contribution in [1.82, 2.24) is 5.32 Å². The zero-order valence-corrected chi connectivity index (χ0v) is 10.0. The van der Waals surface area contributed by atoms with Crippen LogP contribution in [0.25, 0.3) is 0 Å². The molecule has 18 heavy (non-hydrogen) atoms. The smallest absolute Gasteiger partial charge is 0.203 e. The summed E-state index contributed by atoms with van der Waals surface area (Å²) in [7, 11) is 0. The van der Waals surface area contributed by atoms with E-state index in [1.807, 2.05) is 6.07 Å². The number of nitriles is 1. The summed E-state index contributed by atoms with van der Waals surface area (Å²) in [4.78, 5) is 0. The number of aliphatic hydroxyl groups is 1. The Balaban J connectivity index is 1.87. The van der Waals surface area contributed by atoms with Crippen molar-refractivity contribution in [1.29, 1.82) is 5.26 Å². The lowest BCUT2D eigenvalue weighted by Gasteiger charge is -2.20. The summed E-state index contributed by atoms with van der Waals surface area (Å²) in [6.45, 7) is 2.43. The Labute approximate surface area is 105 Å².